The van der Waals surface area contributed by atoms with Crippen molar-refractivity contribution in [3.05, 3.63) is 40.5 Å². The van der Waals surface area contributed by atoms with Gasteiger partial charge < -0.3 is 20.1 Å². The Morgan fingerprint density at radius 2 is 2.04 bits per heavy atom. The largest absolute Gasteiger partial charge is 0.481 e. The number of rotatable bonds is 7. The highest BCUT2D eigenvalue weighted by Gasteiger charge is 2.29. The number of aliphatic hydroxyl groups excluding tert-OH is 2. The summed E-state index contributed by atoms with van der Waals surface area (Å²) < 4.78 is 5.56. The van der Waals surface area contributed by atoms with Gasteiger partial charge in [0, 0.05) is 18.9 Å². The normalized spacial score (nSPS) is 21.5. The van der Waals surface area contributed by atoms with Gasteiger partial charge in [-0.25, -0.2) is 0 Å². The molecule has 148 valence electrons. The molecule has 3 N–H and O–H groups in total. The number of carbonyl (C=O) groups is 2. The van der Waals surface area contributed by atoms with E-state index in [0.717, 1.165) is 35.1 Å². The molecule has 27 heavy (non-hydrogen) atoms. The Morgan fingerprint density at radius 1 is 1.33 bits per heavy atom. The summed E-state index contributed by atoms with van der Waals surface area (Å²) in [6.07, 6.45) is 2.11. The summed E-state index contributed by atoms with van der Waals surface area (Å²) in [4.78, 5) is 22.2. The number of aryl methyl sites for hydroxylation is 1. The second kappa shape index (κ2) is 9.15. The number of carboxylic acid groups (broad SMARTS) is 1. The summed E-state index contributed by atoms with van der Waals surface area (Å²) in [6.45, 7) is 5.48. The molecular formula is C21H28O6. The third kappa shape index (κ3) is 5.91. The van der Waals surface area contributed by atoms with Gasteiger partial charge in [-0.2, -0.15) is 0 Å². The molecule has 0 amide bonds. The van der Waals surface area contributed by atoms with Crippen LogP contribution >= 0.6 is 0 Å². The van der Waals surface area contributed by atoms with Crippen LogP contribution < -0.4 is 0 Å². The van der Waals surface area contributed by atoms with Crippen molar-refractivity contribution in [1.82, 2.24) is 0 Å². The van der Waals surface area contributed by atoms with Gasteiger partial charge in [-0.1, -0.05) is 31.2 Å². The first-order chi connectivity index (χ1) is 12.7. The van der Waals surface area contributed by atoms with Crippen LogP contribution in [0.2, 0.25) is 0 Å². The van der Waals surface area contributed by atoms with E-state index in [1.807, 2.05) is 13.0 Å². The molecule has 0 bridgehead atoms. The molecule has 0 saturated carbocycles. The van der Waals surface area contributed by atoms with Gasteiger partial charge in [0.15, 0.2) is 0 Å². The molecule has 0 aliphatic heterocycles. The van der Waals surface area contributed by atoms with E-state index >= 15 is 0 Å². The number of carboxylic acids is 1. The van der Waals surface area contributed by atoms with Crippen molar-refractivity contribution in [3.8, 4) is 0 Å². The van der Waals surface area contributed by atoms with Gasteiger partial charge in [0.2, 0.25) is 0 Å². The lowest BCUT2D eigenvalue weighted by molar-refractivity contribution is -0.148. The SMILES string of the molecule is CC(=O)O[C@H]1C[C@H](C)Cc2ccc(C)c(/C=C\[C@@H](O)C[C@@H](O)CC(=O)O)c21. The third-order valence-electron chi connectivity index (χ3n) is 4.82. The minimum atomic E-state index is -1.11. The molecule has 1 aliphatic carbocycles. The van der Waals surface area contributed by atoms with Gasteiger partial charge in [0.1, 0.15) is 6.10 Å². The lowest BCUT2D eigenvalue weighted by Crippen LogP contribution is -2.22. The van der Waals surface area contributed by atoms with Crippen LogP contribution in [-0.4, -0.2) is 39.5 Å². The Bertz CT molecular complexity index is 724. The Labute approximate surface area is 159 Å². The van der Waals surface area contributed by atoms with Crippen LogP contribution in [0.25, 0.3) is 6.08 Å². The van der Waals surface area contributed by atoms with Crippen LogP contribution in [0.15, 0.2) is 18.2 Å². The first-order valence-corrected chi connectivity index (χ1v) is 9.23. The maximum absolute atomic E-state index is 11.5. The van der Waals surface area contributed by atoms with Crippen LogP contribution in [0.5, 0.6) is 0 Å². The summed E-state index contributed by atoms with van der Waals surface area (Å²) >= 11 is 0. The fourth-order valence-corrected chi connectivity index (χ4v) is 3.67. The maximum Gasteiger partial charge on any atom is 0.305 e. The smallest absolute Gasteiger partial charge is 0.305 e. The van der Waals surface area contributed by atoms with Crippen molar-refractivity contribution in [2.24, 2.45) is 5.92 Å². The second-order valence-electron chi connectivity index (χ2n) is 7.43. The highest BCUT2D eigenvalue weighted by atomic mass is 16.5. The Hall–Kier alpha value is -2.18. The molecule has 0 unspecified atom stereocenters. The molecule has 2 rings (SSSR count). The number of esters is 1. The Kier molecular flexibility index (Phi) is 7.16. The fraction of sp³-hybridized carbons (Fsp3) is 0.524. The zero-order chi connectivity index (χ0) is 20.1. The van der Waals surface area contributed by atoms with Crippen molar-refractivity contribution < 1.29 is 29.6 Å². The van der Waals surface area contributed by atoms with E-state index in [2.05, 4.69) is 13.0 Å². The van der Waals surface area contributed by atoms with E-state index in [1.54, 1.807) is 12.2 Å². The topological polar surface area (TPSA) is 104 Å². The van der Waals surface area contributed by atoms with Crippen molar-refractivity contribution >= 4 is 18.0 Å². The molecule has 0 heterocycles. The fourth-order valence-electron chi connectivity index (χ4n) is 3.67. The summed E-state index contributed by atoms with van der Waals surface area (Å²) in [5.74, 6) is -1.03. The van der Waals surface area contributed by atoms with Gasteiger partial charge in [-0.05, 0) is 42.4 Å². The molecule has 4 atom stereocenters. The Morgan fingerprint density at radius 3 is 2.67 bits per heavy atom. The first-order valence-electron chi connectivity index (χ1n) is 9.23. The zero-order valence-corrected chi connectivity index (χ0v) is 16.0. The molecule has 0 spiro atoms. The number of ether oxygens (including phenoxy) is 1. The number of fused-ring (bicyclic) bond motifs is 1. The van der Waals surface area contributed by atoms with E-state index in [-0.39, 0.29) is 18.5 Å². The van der Waals surface area contributed by atoms with Crippen LogP contribution in [0, 0.1) is 12.8 Å². The average molecular weight is 376 g/mol. The van der Waals surface area contributed by atoms with E-state index in [4.69, 9.17) is 9.84 Å². The lowest BCUT2D eigenvalue weighted by Gasteiger charge is -2.31. The number of hydrogen-bond donors (Lipinski definition) is 3. The molecule has 0 fully saturated rings. The van der Waals surface area contributed by atoms with Crippen molar-refractivity contribution in [2.45, 2.75) is 64.8 Å². The van der Waals surface area contributed by atoms with Crippen LogP contribution in [0.4, 0.5) is 0 Å². The number of hydrogen-bond acceptors (Lipinski definition) is 5. The molecule has 0 saturated heterocycles. The predicted molar refractivity (Wildman–Crippen MR) is 101 cm³/mol. The Balaban J connectivity index is 2.27. The molecule has 6 nitrogen and oxygen atoms in total. The highest BCUT2D eigenvalue weighted by Crippen LogP contribution is 2.39. The lowest BCUT2D eigenvalue weighted by atomic mass is 9.79. The standard InChI is InChI=1S/C21H28O6/c1-12-8-15-5-4-13(2)18(21(15)19(9-12)27-14(3)22)7-6-16(23)10-17(24)11-20(25)26/h4-7,12,16-17,19,23-24H,8-11H2,1-3H3,(H,25,26)/b7-6-/t12-,16-,17-,19+/m1/s1. The summed E-state index contributed by atoms with van der Waals surface area (Å²) in [5.41, 5.74) is 4.00. The molecule has 1 aromatic carbocycles. The second-order valence-corrected chi connectivity index (χ2v) is 7.43. The zero-order valence-electron chi connectivity index (χ0n) is 16.0. The highest BCUT2D eigenvalue weighted by molar-refractivity contribution is 5.68. The van der Waals surface area contributed by atoms with Gasteiger partial charge in [-0.15, -0.1) is 0 Å². The summed E-state index contributed by atoms with van der Waals surface area (Å²) in [7, 11) is 0. The molecule has 0 aromatic heterocycles. The third-order valence-corrected chi connectivity index (χ3v) is 4.82. The number of carbonyl (C=O) groups excluding carboxylic acids is 1. The van der Waals surface area contributed by atoms with E-state index in [1.165, 1.54) is 6.92 Å². The van der Waals surface area contributed by atoms with Gasteiger partial charge in [-0.3, -0.25) is 9.59 Å². The molecular weight excluding hydrogens is 348 g/mol. The van der Waals surface area contributed by atoms with E-state index in [9.17, 15) is 19.8 Å². The molecule has 0 radical (unpaired) electrons. The minimum Gasteiger partial charge on any atom is -0.481 e. The summed E-state index contributed by atoms with van der Waals surface area (Å²) in [6, 6.07) is 4.06. The quantitative estimate of drug-likeness (QED) is 0.632. The monoisotopic (exact) mass is 376 g/mol. The number of aliphatic hydroxyl groups is 2. The van der Waals surface area contributed by atoms with Gasteiger partial charge in [0.25, 0.3) is 0 Å². The van der Waals surface area contributed by atoms with E-state index < -0.39 is 24.6 Å². The first kappa shape index (κ1) is 21.1. The van der Waals surface area contributed by atoms with Crippen molar-refractivity contribution in [3.63, 3.8) is 0 Å². The molecule has 1 aliphatic rings. The van der Waals surface area contributed by atoms with Crippen molar-refractivity contribution in [2.75, 3.05) is 0 Å². The average Bonchev–Trinajstić information content (AvgIpc) is 2.52. The number of benzene rings is 1. The maximum atomic E-state index is 11.5. The summed E-state index contributed by atoms with van der Waals surface area (Å²) in [5, 5.41) is 28.5. The van der Waals surface area contributed by atoms with Gasteiger partial charge >= 0.3 is 11.9 Å². The van der Waals surface area contributed by atoms with Crippen LogP contribution in [-0.2, 0) is 20.7 Å². The minimum absolute atomic E-state index is 0.0543. The van der Waals surface area contributed by atoms with Crippen molar-refractivity contribution in [1.29, 1.82) is 0 Å². The van der Waals surface area contributed by atoms with Gasteiger partial charge in [0.05, 0.1) is 18.6 Å². The predicted octanol–water partition coefficient (Wildman–Crippen LogP) is 2.78. The number of aliphatic carboxylic acids is 1. The van der Waals surface area contributed by atoms with Crippen LogP contribution in [0.3, 0.4) is 0 Å². The molecule has 1 aromatic rings. The molecule has 6 heteroatoms. The van der Waals surface area contributed by atoms with E-state index in [0.29, 0.717) is 5.92 Å². The van der Waals surface area contributed by atoms with Crippen LogP contribution in [0.1, 0.15) is 61.5 Å².